The van der Waals surface area contributed by atoms with Crippen molar-refractivity contribution in [3.05, 3.63) is 54.6 Å². The molecule has 9 nitrogen and oxygen atoms in total. The molecule has 0 aliphatic carbocycles. The fourth-order valence-corrected chi connectivity index (χ4v) is 4.03. The summed E-state index contributed by atoms with van der Waals surface area (Å²) < 4.78 is 9.15. The summed E-state index contributed by atoms with van der Waals surface area (Å²) in [6.07, 6.45) is 9.73. The topological polar surface area (TPSA) is 85.9 Å². The van der Waals surface area contributed by atoms with Crippen molar-refractivity contribution in [2.75, 3.05) is 30.4 Å². The van der Waals surface area contributed by atoms with Crippen molar-refractivity contribution < 1.29 is 4.74 Å². The average Bonchev–Trinajstić information content (AvgIpc) is 3.39. The van der Waals surface area contributed by atoms with Gasteiger partial charge in [0, 0.05) is 45.3 Å². The van der Waals surface area contributed by atoms with E-state index in [-0.39, 0.29) is 0 Å². The van der Waals surface area contributed by atoms with Crippen molar-refractivity contribution in [1.29, 1.82) is 0 Å². The predicted octanol–water partition coefficient (Wildman–Crippen LogP) is 2.97. The molecular formula is C22H26N8O. The van der Waals surface area contributed by atoms with Crippen molar-refractivity contribution in [2.24, 2.45) is 7.05 Å². The maximum absolute atomic E-state index is 5.50. The van der Waals surface area contributed by atoms with Gasteiger partial charge in [-0.05, 0) is 30.5 Å². The molecule has 0 atom stereocenters. The molecule has 0 amide bonds. The molecule has 1 aliphatic rings. The van der Waals surface area contributed by atoms with Crippen molar-refractivity contribution in [3.63, 3.8) is 0 Å². The van der Waals surface area contributed by atoms with E-state index >= 15 is 0 Å². The van der Waals surface area contributed by atoms with Crippen LogP contribution < -0.4 is 10.2 Å². The van der Waals surface area contributed by atoms with Crippen molar-refractivity contribution in [2.45, 2.75) is 25.5 Å². The van der Waals surface area contributed by atoms with Gasteiger partial charge in [-0.1, -0.05) is 12.1 Å². The normalized spacial score (nSPS) is 15.0. The van der Waals surface area contributed by atoms with Crippen LogP contribution in [0.3, 0.4) is 0 Å². The van der Waals surface area contributed by atoms with Gasteiger partial charge in [0.2, 0.25) is 5.95 Å². The number of ether oxygens (including phenoxy) is 1. The van der Waals surface area contributed by atoms with E-state index in [2.05, 4.69) is 54.6 Å². The Kier molecular flexibility index (Phi) is 5.25. The Hall–Kier alpha value is -3.46. The van der Waals surface area contributed by atoms with Crippen LogP contribution in [0.5, 0.6) is 0 Å². The number of hydrogen-bond acceptors (Lipinski definition) is 7. The quantitative estimate of drug-likeness (QED) is 0.515. The van der Waals surface area contributed by atoms with Crippen LogP contribution in [0.25, 0.3) is 11.0 Å². The minimum Gasteiger partial charge on any atom is -0.381 e. The largest absolute Gasteiger partial charge is 0.381 e. The van der Waals surface area contributed by atoms with Gasteiger partial charge in [-0.2, -0.15) is 15.2 Å². The number of piperidine rings is 1. The highest BCUT2D eigenvalue weighted by Gasteiger charge is 2.19. The van der Waals surface area contributed by atoms with E-state index in [1.807, 2.05) is 24.1 Å². The highest BCUT2D eigenvalue weighted by Crippen LogP contribution is 2.23. The van der Waals surface area contributed by atoms with E-state index in [4.69, 9.17) is 4.74 Å². The number of rotatable bonds is 6. The zero-order valence-corrected chi connectivity index (χ0v) is 17.8. The van der Waals surface area contributed by atoms with Gasteiger partial charge in [-0.25, -0.2) is 9.67 Å². The van der Waals surface area contributed by atoms with Crippen LogP contribution in [0.1, 0.15) is 18.4 Å². The smallest absolute Gasteiger partial charge is 0.229 e. The number of benzene rings is 1. The molecule has 4 aromatic rings. The summed E-state index contributed by atoms with van der Waals surface area (Å²) in [5, 5.41) is 12.8. The monoisotopic (exact) mass is 418 g/mol. The zero-order chi connectivity index (χ0) is 21.2. The van der Waals surface area contributed by atoms with Gasteiger partial charge >= 0.3 is 0 Å². The first-order chi connectivity index (χ1) is 15.2. The minimum atomic E-state index is 0.379. The van der Waals surface area contributed by atoms with Crippen LogP contribution in [-0.4, -0.2) is 55.8 Å². The molecular weight excluding hydrogens is 392 g/mol. The molecule has 0 radical (unpaired) electrons. The third kappa shape index (κ3) is 4.22. The summed E-state index contributed by atoms with van der Waals surface area (Å²) in [6, 6.07) is 8.67. The van der Waals surface area contributed by atoms with Gasteiger partial charge in [0.05, 0.1) is 36.1 Å². The molecule has 1 saturated heterocycles. The maximum Gasteiger partial charge on any atom is 0.229 e. The lowest BCUT2D eigenvalue weighted by Crippen LogP contribution is -2.36. The van der Waals surface area contributed by atoms with E-state index in [9.17, 15) is 0 Å². The van der Waals surface area contributed by atoms with Crippen LogP contribution >= 0.6 is 0 Å². The molecule has 0 spiro atoms. The SMILES string of the molecule is COC1CCN(c2cccc(Cn3ncc4cnc(Nc5cnn(C)c5)nc43)c2)CC1. The Labute approximate surface area is 180 Å². The fourth-order valence-electron chi connectivity index (χ4n) is 4.03. The van der Waals surface area contributed by atoms with Gasteiger partial charge in [0.15, 0.2) is 5.65 Å². The second-order valence-electron chi connectivity index (χ2n) is 7.89. The van der Waals surface area contributed by atoms with Crippen molar-refractivity contribution in [1.82, 2.24) is 29.5 Å². The van der Waals surface area contributed by atoms with Gasteiger partial charge in [0.25, 0.3) is 0 Å². The Balaban J connectivity index is 1.35. The van der Waals surface area contributed by atoms with Gasteiger partial charge in [-0.15, -0.1) is 0 Å². The molecule has 1 fully saturated rings. The molecule has 0 saturated carbocycles. The number of methoxy groups -OCH3 is 1. The van der Waals surface area contributed by atoms with E-state index in [0.717, 1.165) is 42.7 Å². The third-order valence-corrected chi connectivity index (χ3v) is 5.72. The zero-order valence-electron chi connectivity index (χ0n) is 17.8. The molecule has 5 rings (SSSR count). The molecule has 31 heavy (non-hydrogen) atoms. The number of aryl methyl sites for hydroxylation is 1. The summed E-state index contributed by atoms with van der Waals surface area (Å²) in [4.78, 5) is 11.5. The van der Waals surface area contributed by atoms with Crippen molar-refractivity contribution in [3.8, 4) is 0 Å². The Morgan fingerprint density at radius 1 is 1.13 bits per heavy atom. The second-order valence-corrected chi connectivity index (χ2v) is 7.89. The highest BCUT2D eigenvalue weighted by molar-refractivity contribution is 5.75. The number of anilines is 3. The van der Waals surface area contributed by atoms with Gasteiger partial charge in [-0.3, -0.25) is 4.68 Å². The first kappa shape index (κ1) is 19.5. The summed E-state index contributed by atoms with van der Waals surface area (Å²) >= 11 is 0. The summed E-state index contributed by atoms with van der Waals surface area (Å²) in [6.45, 7) is 2.68. The minimum absolute atomic E-state index is 0.379. The lowest BCUT2D eigenvalue weighted by molar-refractivity contribution is 0.0819. The molecule has 1 N–H and O–H groups in total. The van der Waals surface area contributed by atoms with Crippen LogP contribution in [0.2, 0.25) is 0 Å². The van der Waals surface area contributed by atoms with E-state index < -0.39 is 0 Å². The number of aromatic nitrogens is 6. The Morgan fingerprint density at radius 3 is 2.77 bits per heavy atom. The third-order valence-electron chi connectivity index (χ3n) is 5.72. The Bertz CT molecular complexity index is 1180. The van der Waals surface area contributed by atoms with Gasteiger partial charge in [0.1, 0.15) is 0 Å². The summed E-state index contributed by atoms with van der Waals surface area (Å²) in [5.74, 6) is 0.525. The standard InChI is InChI=1S/C22H26N8O/c1-28-15-18(13-24-28)26-22-23-11-17-12-25-30(21(17)27-22)14-16-4-3-5-19(10-16)29-8-6-20(31-2)7-9-29/h3-5,10-13,15,20H,6-9,14H2,1-2H3,(H,23,26,27). The summed E-state index contributed by atoms with van der Waals surface area (Å²) in [7, 11) is 3.68. The first-order valence-corrected chi connectivity index (χ1v) is 10.5. The van der Waals surface area contributed by atoms with Gasteiger partial charge < -0.3 is 15.0 Å². The molecule has 0 bridgehead atoms. The van der Waals surface area contributed by atoms with E-state index in [1.165, 1.54) is 11.3 Å². The number of nitrogens with one attached hydrogen (secondary N) is 1. The molecule has 1 aromatic carbocycles. The van der Waals surface area contributed by atoms with Crippen LogP contribution in [0.15, 0.2) is 49.1 Å². The van der Waals surface area contributed by atoms with E-state index in [0.29, 0.717) is 18.6 Å². The van der Waals surface area contributed by atoms with Crippen LogP contribution in [0.4, 0.5) is 17.3 Å². The number of nitrogens with zero attached hydrogens (tertiary/aromatic N) is 7. The fraction of sp³-hybridized carbons (Fsp3) is 0.364. The summed E-state index contributed by atoms with van der Waals surface area (Å²) in [5.41, 5.74) is 4.08. The molecule has 0 unspecified atom stereocenters. The molecule has 1 aliphatic heterocycles. The average molecular weight is 419 g/mol. The lowest BCUT2D eigenvalue weighted by atomic mass is 10.1. The maximum atomic E-state index is 5.50. The van der Waals surface area contributed by atoms with Crippen LogP contribution in [0, 0.1) is 0 Å². The van der Waals surface area contributed by atoms with Crippen LogP contribution in [-0.2, 0) is 18.3 Å². The lowest BCUT2D eigenvalue weighted by Gasteiger charge is -2.33. The van der Waals surface area contributed by atoms with E-state index in [1.54, 1.807) is 24.2 Å². The molecule has 160 valence electrons. The predicted molar refractivity (Wildman–Crippen MR) is 120 cm³/mol. The number of fused-ring (bicyclic) bond motifs is 1. The number of hydrogen-bond donors (Lipinski definition) is 1. The second kappa shape index (κ2) is 8.35. The molecule has 9 heteroatoms. The molecule has 3 aromatic heterocycles. The molecule has 4 heterocycles. The first-order valence-electron chi connectivity index (χ1n) is 10.5. The Morgan fingerprint density at radius 2 is 2.00 bits per heavy atom. The van der Waals surface area contributed by atoms with Crippen molar-refractivity contribution >= 4 is 28.4 Å². The highest BCUT2D eigenvalue weighted by atomic mass is 16.5.